The van der Waals surface area contributed by atoms with Crippen LogP contribution in [0.4, 0.5) is 0 Å². The van der Waals surface area contributed by atoms with Crippen molar-refractivity contribution < 1.29 is 14.3 Å². The average Bonchev–Trinajstić information content (AvgIpc) is 2.53. The Hall–Kier alpha value is -2.55. The quantitative estimate of drug-likeness (QED) is 0.799. The van der Waals surface area contributed by atoms with E-state index in [2.05, 4.69) is 0 Å². The van der Waals surface area contributed by atoms with Gasteiger partial charge in [-0.05, 0) is 17.7 Å². The highest BCUT2D eigenvalue weighted by atomic mass is 16.5. The van der Waals surface area contributed by atoms with Crippen molar-refractivity contribution in [3.05, 3.63) is 65.2 Å². The molecule has 1 heterocycles. The summed E-state index contributed by atoms with van der Waals surface area (Å²) >= 11 is 0. The molecule has 1 atom stereocenters. The normalized spacial score (nSPS) is 16.6. The molecule has 3 rings (SSSR count). The molecule has 0 saturated carbocycles. The van der Waals surface area contributed by atoms with E-state index < -0.39 is 6.10 Å². The fourth-order valence-corrected chi connectivity index (χ4v) is 2.36. The lowest BCUT2D eigenvalue weighted by Crippen LogP contribution is -2.16. The van der Waals surface area contributed by atoms with Gasteiger partial charge in [0.25, 0.3) is 0 Å². The van der Waals surface area contributed by atoms with Gasteiger partial charge in [0.05, 0.1) is 7.11 Å². The summed E-state index contributed by atoms with van der Waals surface area (Å²) in [6.45, 7) is 0. The van der Waals surface area contributed by atoms with E-state index in [0.29, 0.717) is 17.1 Å². The van der Waals surface area contributed by atoms with Crippen molar-refractivity contribution in [3.8, 4) is 11.5 Å². The minimum Gasteiger partial charge on any atom is -0.493 e. The Kier molecular flexibility index (Phi) is 3.25. The minimum absolute atomic E-state index is 0.391. The van der Waals surface area contributed by atoms with Crippen LogP contribution in [0.3, 0.4) is 0 Å². The van der Waals surface area contributed by atoms with E-state index in [1.807, 2.05) is 54.6 Å². The number of hydrogen-bond donors (Lipinski definition) is 0. The van der Waals surface area contributed by atoms with Crippen molar-refractivity contribution in [1.29, 1.82) is 0 Å². The van der Waals surface area contributed by atoms with Gasteiger partial charge in [0.1, 0.15) is 6.29 Å². The average molecular weight is 266 g/mol. The predicted octanol–water partition coefficient (Wildman–Crippen LogP) is 3.41. The molecule has 3 nitrogen and oxygen atoms in total. The first-order valence-corrected chi connectivity index (χ1v) is 6.39. The van der Waals surface area contributed by atoms with E-state index in [9.17, 15) is 4.79 Å². The molecule has 2 aromatic carbocycles. The van der Waals surface area contributed by atoms with Crippen LogP contribution in [0.1, 0.15) is 17.2 Å². The zero-order chi connectivity index (χ0) is 13.9. The van der Waals surface area contributed by atoms with Gasteiger partial charge in [0, 0.05) is 11.1 Å². The standard InChI is InChI=1S/C17H14O3/c1-19-15-9-5-8-13-10-14(11-18)16(20-17(13)15)12-6-3-2-4-7-12/h2-11,16H,1H3/t16-/m1/s1. The summed E-state index contributed by atoms with van der Waals surface area (Å²) < 4.78 is 11.3. The van der Waals surface area contributed by atoms with Crippen molar-refractivity contribution >= 4 is 12.4 Å². The SMILES string of the molecule is COc1cccc2c1O[C@H](c1ccccc1)C(C=O)=C2. The number of rotatable bonds is 3. The molecule has 3 heteroatoms. The third kappa shape index (κ3) is 2.07. The van der Waals surface area contributed by atoms with Crippen LogP contribution in [0.25, 0.3) is 6.08 Å². The Labute approximate surface area is 117 Å². The number of aldehydes is 1. The van der Waals surface area contributed by atoms with Crippen LogP contribution >= 0.6 is 0 Å². The number of para-hydroxylation sites is 1. The van der Waals surface area contributed by atoms with Crippen molar-refractivity contribution in [2.75, 3.05) is 7.11 Å². The Morgan fingerprint density at radius 3 is 2.60 bits per heavy atom. The zero-order valence-corrected chi connectivity index (χ0v) is 11.1. The largest absolute Gasteiger partial charge is 0.493 e. The maximum absolute atomic E-state index is 11.3. The first-order chi connectivity index (χ1) is 9.83. The van der Waals surface area contributed by atoms with Gasteiger partial charge in [-0.25, -0.2) is 0 Å². The molecular formula is C17H14O3. The van der Waals surface area contributed by atoms with Crippen LogP contribution in [0, 0.1) is 0 Å². The molecule has 0 spiro atoms. The number of hydrogen-bond acceptors (Lipinski definition) is 3. The first-order valence-electron chi connectivity index (χ1n) is 6.39. The van der Waals surface area contributed by atoms with Crippen LogP contribution in [-0.2, 0) is 4.79 Å². The molecule has 100 valence electrons. The van der Waals surface area contributed by atoms with Crippen LogP contribution in [-0.4, -0.2) is 13.4 Å². The zero-order valence-electron chi connectivity index (χ0n) is 11.1. The Bertz CT molecular complexity index is 659. The van der Waals surface area contributed by atoms with Crippen LogP contribution in [0.15, 0.2) is 54.1 Å². The maximum Gasteiger partial charge on any atom is 0.169 e. The molecule has 0 N–H and O–H groups in total. The number of ether oxygens (including phenoxy) is 2. The molecule has 20 heavy (non-hydrogen) atoms. The van der Waals surface area contributed by atoms with Crippen LogP contribution < -0.4 is 9.47 Å². The molecule has 1 aliphatic heterocycles. The van der Waals surface area contributed by atoms with E-state index in [-0.39, 0.29) is 0 Å². The van der Waals surface area contributed by atoms with Crippen molar-refractivity contribution in [1.82, 2.24) is 0 Å². The molecule has 0 fully saturated rings. The molecule has 0 unspecified atom stereocenters. The van der Waals surface area contributed by atoms with Gasteiger partial charge in [0.15, 0.2) is 17.6 Å². The summed E-state index contributed by atoms with van der Waals surface area (Å²) in [5, 5.41) is 0. The van der Waals surface area contributed by atoms with Gasteiger partial charge in [-0.1, -0.05) is 42.5 Å². The number of carbonyl (C=O) groups excluding carboxylic acids is 1. The van der Waals surface area contributed by atoms with Crippen LogP contribution in [0.5, 0.6) is 11.5 Å². The summed E-state index contributed by atoms with van der Waals surface area (Å²) in [6, 6.07) is 15.3. The lowest BCUT2D eigenvalue weighted by molar-refractivity contribution is -0.105. The highest BCUT2D eigenvalue weighted by Crippen LogP contribution is 2.41. The highest BCUT2D eigenvalue weighted by molar-refractivity contribution is 5.86. The summed E-state index contributed by atoms with van der Waals surface area (Å²) in [6.07, 6.45) is 2.31. The molecule has 0 saturated heterocycles. The lowest BCUT2D eigenvalue weighted by Gasteiger charge is -2.26. The van der Waals surface area contributed by atoms with Crippen LogP contribution in [0.2, 0.25) is 0 Å². The van der Waals surface area contributed by atoms with Crippen molar-refractivity contribution in [3.63, 3.8) is 0 Å². The number of carbonyl (C=O) groups is 1. The molecule has 0 aromatic heterocycles. The lowest BCUT2D eigenvalue weighted by atomic mass is 9.97. The third-order valence-electron chi connectivity index (χ3n) is 3.33. The second kappa shape index (κ2) is 5.21. The minimum atomic E-state index is -0.391. The summed E-state index contributed by atoms with van der Waals surface area (Å²) in [7, 11) is 1.61. The van der Waals surface area contributed by atoms with Gasteiger partial charge in [-0.3, -0.25) is 4.79 Å². The summed E-state index contributed by atoms with van der Waals surface area (Å²) in [5.74, 6) is 1.35. The predicted molar refractivity (Wildman–Crippen MR) is 76.8 cm³/mol. The Balaban J connectivity index is 2.10. The third-order valence-corrected chi connectivity index (χ3v) is 3.33. The number of methoxy groups -OCH3 is 1. The first kappa shape index (κ1) is 12.5. The Morgan fingerprint density at radius 1 is 1.10 bits per heavy atom. The van der Waals surface area contributed by atoms with Gasteiger partial charge < -0.3 is 9.47 Å². The fraction of sp³-hybridized carbons (Fsp3) is 0.118. The van der Waals surface area contributed by atoms with Gasteiger partial charge in [0.2, 0.25) is 0 Å². The maximum atomic E-state index is 11.3. The van der Waals surface area contributed by atoms with E-state index in [0.717, 1.165) is 17.4 Å². The number of fused-ring (bicyclic) bond motifs is 1. The van der Waals surface area contributed by atoms with Crippen molar-refractivity contribution in [2.24, 2.45) is 0 Å². The molecule has 1 aliphatic rings. The number of benzene rings is 2. The van der Waals surface area contributed by atoms with Gasteiger partial charge in [-0.15, -0.1) is 0 Å². The molecule has 0 bridgehead atoms. The second-order valence-corrected chi connectivity index (χ2v) is 4.55. The highest BCUT2D eigenvalue weighted by Gasteiger charge is 2.26. The fourth-order valence-electron chi connectivity index (χ4n) is 2.36. The van der Waals surface area contributed by atoms with Crippen molar-refractivity contribution in [2.45, 2.75) is 6.10 Å². The van der Waals surface area contributed by atoms with E-state index in [1.165, 1.54) is 0 Å². The summed E-state index contributed by atoms with van der Waals surface area (Å²) in [4.78, 5) is 11.3. The van der Waals surface area contributed by atoms with E-state index >= 15 is 0 Å². The molecule has 0 aliphatic carbocycles. The topological polar surface area (TPSA) is 35.5 Å². The smallest absolute Gasteiger partial charge is 0.169 e. The molecule has 0 amide bonds. The van der Waals surface area contributed by atoms with E-state index in [1.54, 1.807) is 7.11 Å². The molecule has 0 radical (unpaired) electrons. The molecular weight excluding hydrogens is 252 g/mol. The Morgan fingerprint density at radius 2 is 1.90 bits per heavy atom. The summed E-state index contributed by atoms with van der Waals surface area (Å²) in [5.41, 5.74) is 2.41. The monoisotopic (exact) mass is 266 g/mol. The second-order valence-electron chi connectivity index (χ2n) is 4.55. The van der Waals surface area contributed by atoms with Gasteiger partial charge in [-0.2, -0.15) is 0 Å². The molecule has 2 aromatic rings. The van der Waals surface area contributed by atoms with Gasteiger partial charge >= 0.3 is 0 Å². The van der Waals surface area contributed by atoms with E-state index in [4.69, 9.17) is 9.47 Å².